The van der Waals surface area contributed by atoms with Crippen molar-refractivity contribution in [3.63, 3.8) is 0 Å². The minimum absolute atomic E-state index is 0.0637. The van der Waals surface area contributed by atoms with E-state index in [0.717, 1.165) is 40.9 Å². The van der Waals surface area contributed by atoms with Gasteiger partial charge in [-0.3, -0.25) is 9.69 Å². The van der Waals surface area contributed by atoms with E-state index in [1.807, 2.05) is 54.4 Å². The number of rotatable bonds is 5. The largest absolute Gasteiger partial charge is 0.349 e. The first-order chi connectivity index (χ1) is 11.2. The molecule has 23 heavy (non-hydrogen) atoms. The highest BCUT2D eigenvalue weighted by Gasteiger charge is 2.28. The number of thioether (sulfide) groups is 1. The number of hydrogen-bond donors (Lipinski definition) is 1. The van der Waals surface area contributed by atoms with Gasteiger partial charge in [0.1, 0.15) is 6.04 Å². The second kappa shape index (κ2) is 7.95. The number of benzene rings is 1. The highest BCUT2D eigenvalue weighted by Crippen LogP contribution is 2.24. The number of aromatic nitrogens is 1. The van der Waals surface area contributed by atoms with Gasteiger partial charge >= 0.3 is 0 Å². The summed E-state index contributed by atoms with van der Waals surface area (Å²) < 4.78 is 0. The molecule has 1 fully saturated rings. The van der Waals surface area contributed by atoms with Crippen LogP contribution in [0, 0.1) is 6.92 Å². The van der Waals surface area contributed by atoms with Crippen molar-refractivity contribution in [1.29, 1.82) is 0 Å². The molecule has 0 saturated carbocycles. The van der Waals surface area contributed by atoms with Gasteiger partial charge in [-0.2, -0.15) is 11.8 Å². The summed E-state index contributed by atoms with van der Waals surface area (Å²) in [7, 11) is 0. The molecule has 1 saturated heterocycles. The van der Waals surface area contributed by atoms with E-state index in [9.17, 15) is 4.79 Å². The molecule has 1 aromatic heterocycles. The number of nitrogens with zero attached hydrogens (tertiary/aromatic N) is 2. The van der Waals surface area contributed by atoms with Gasteiger partial charge in [-0.1, -0.05) is 30.3 Å². The van der Waals surface area contributed by atoms with Crippen molar-refractivity contribution in [2.24, 2.45) is 0 Å². The highest BCUT2D eigenvalue weighted by molar-refractivity contribution is 7.99. The van der Waals surface area contributed by atoms with E-state index in [2.05, 4.69) is 15.2 Å². The Balaban J connectivity index is 1.72. The molecular formula is C17H21N3OS2. The molecule has 0 aliphatic carbocycles. The van der Waals surface area contributed by atoms with Crippen molar-refractivity contribution < 1.29 is 4.79 Å². The number of carbonyl (C=O) groups excluding carboxylic acids is 1. The zero-order chi connectivity index (χ0) is 16.1. The average molecular weight is 348 g/mol. The third kappa shape index (κ3) is 4.34. The minimum atomic E-state index is -0.211. The van der Waals surface area contributed by atoms with E-state index in [-0.39, 0.29) is 11.9 Å². The van der Waals surface area contributed by atoms with Crippen molar-refractivity contribution in [2.75, 3.05) is 24.6 Å². The highest BCUT2D eigenvalue weighted by atomic mass is 32.2. The van der Waals surface area contributed by atoms with Gasteiger partial charge in [-0.15, -0.1) is 11.3 Å². The number of amides is 1. The van der Waals surface area contributed by atoms with E-state index in [4.69, 9.17) is 0 Å². The SMILES string of the molecule is Cc1nc(CNC(=O)[C@@H](c2ccccc2)N2CCSCC2)cs1. The Morgan fingerprint density at radius 3 is 2.70 bits per heavy atom. The van der Waals surface area contributed by atoms with Crippen molar-refractivity contribution >= 4 is 29.0 Å². The van der Waals surface area contributed by atoms with Gasteiger partial charge in [0, 0.05) is 30.0 Å². The molecule has 0 spiro atoms. The first-order valence-corrected chi connectivity index (χ1v) is 9.83. The summed E-state index contributed by atoms with van der Waals surface area (Å²) in [6.07, 6.45) is 0. The molecule has 0 unspecified atom stereocenters. The molecule has 1 N–H and O–H groups in total. The van der Waals surface area contributed by atoms with Crippen LogP contribution < -0.4 is 5.32 Å². The lowest BCUT2D eigenvalue weighted by molar-refractivity contribution is -0.126. The zero-order valence-electron chi connectivity index (χ0n) is 13.2. The molecule has 1 aliphatic heterocycles. The number of carbonyl (C=O) groups is 1. The monoisotopic (exact) mass is 347 g/mol. The summed E-state index contributed by atoms with van der Waals surface area (Å²) in [6, 6.07) is 9.85. The zero-order valence-corrected chi connectivity index (χ0v) is 14.8. The molecular weight excluding hydrogens is 326 g/mol. The molecule has 2 heterocycles. The van der Waals surface area contributed by atoms with Crippen LogP contribution in [0.15, 0.2) is 35.7 Å². The first kappa shape index (κ1) is 16.5. The molecule has 1 atom stereocenters. The molecule has 6 heteroatoms. The average Bonchev–Trinajstić information content (AvgIpc) is 3.01. The van der Waals surface area contributed by atoms with Crippen molar-refractivity contribution in [3.05, 3.63) is 52.0 Å². The Kier molecular flexibility index (Phi) is 5.70. The van der Waals surface area contributed by atoms with Crippen LogP contribution in [-0.2, 0) is 11.3 Å². The Bertz CT molecular complexity index is 638. The number of aryl methyl sites for hydroxylation is 1. The smallest absolute Gasteiger partial charge is 0.242 e. The maximum Gasteiger partial charge on any atom is 0.242 e. The standard InChI is InChI=1S/C17H21N3OS2/c1-13-19-15(12-23-13)11-18-17(21)16(14-5-3-2-4-6-14)20-7-9-22-10-8-20/h2-6,12,16H,7-11H2,1H3,(H,18,21)/t16-/m1/s1. The molecule has 1 aliphatic rings. The van der Waals surface area contributed by atoms with E-state index in [1.165, 1.54) is 0 Å². The lowest BCUT2D eigenvalue weighted by Crippen LogP contribution is -2.44. The second-order valence-electron chi connectivity index (χ2n) is 5.54. The van der Waals surface area contributed by atoms with Gasteiger partial charge in [0.15, 0.2) is 0 Å². The topological polar surface area (TPSA) is 45.2 Å². The molecule has 0 bridgehead atoms. The van der Waals surface area contributed by atoms with Crippen LogP contribution in [0.5, 0.6) is 0 Å². The van der Waals surface area contributed by atoms with E-state index >= 15 is 0 Å². The Morgan fingerprint density at radius 2 is 2.04 bits per heavy atom. The Hall–Kier alpha value is -1.37. The maximum atomic E-state index is 12.8. The summed E-state index contributed by atoms with van der Waals surface area (Å²) in [4.78, 5) is 19.5. The first-order valence-electron chi connectivity index (χ1n) is 7.79. The predicted octanol–water partition coefficient (Wildman–Crippen LogP) is 2.86. The third-order valence-corrected chi connectivity index (χ3v) is 5.65. The Morgan fingerprint density at radius 1 is 1.30 bits per heavy atom. The van der Waals surface area contributed by atoms with E-state index in [1.54, 1.807) is 11.3 Å². The van der Waals surface area contributed by atoms with Gasteiger partial charge in [-0.05, 0) is 12.5 Å². The molecule has 4 nitrogen and oxygen atoms in total. The summed E-state index contributed by atoms with van der Waals surface area (Å²) in [5.41, 5.74) is 1.99. The molecule has 1 aromatic carbocycles. The third-order valence-electron chi connectivity index (χ3n) is 3.88. The fourth-order valence-electron chi connectivity index (χ4n) is 2.76. The van der Waals surface area contributed by atoms with Crippen LogP contribution in [0.3, 0.4) is 0 Å². The molecule has 3 rings (SSSR count). The van der Waals surface area contributed by atoms with Crippen LogP contribution in [0.2, 0.25) is 0 Å². The van der Waals surface area contributed by atoms with E-state index in [0.29, 0.717) is 6.54 Å². The number of hydrogen-bond acceptors (Lipinski definition) is 5. The van der Waals surface area contributed by atoms with Gasteiger partial charge < -0.3 is 5.32 Å². The number of thiazole rings is 1. The lowest BCUT2D eigenvalue weighted by atomic mass is 10.0. The van der Waals surface area contributed by atoms with Crippen LogP contribution in [0.4, 0.5) is 0 Å². The van der Waals surface area contributed by atoms with Crippen LogP contribution in [0.1, 0.15) is 22.3 Å². The van der Waals surface area contributed by atoms with Crippen LogP contribution >= 0.6 is 23.1 Å². The summed E-state index contributed by atoms with van der Waals surface area (Å²) in [5, 5.41) is 6.10. The predicted molar refractivity (Wildman–Crippen MR) is 96.8 cm³/mol. The molecule has 1 amide bonds. The molecule has 122 valence electrons. The minimum Gasteiger partial charge on any atom is -0.349 e. The van der Waals surface area contributed by atoms with Gasteiger partial charge in [0.2, 0.25) is 5.91 Å². The Labute approximate surface area is 145 Å². The summed E-state index contributed by atoms with van der Waals surface area (Å²) in [5.74, 6) is 2.23. The maximum absolute atomic E-state index is 12.8. The lowest BCUT2D eigenvalue weighted by Gasteiger charge is -2.33. The van der Waals surface area contributed by atoms with Gasteiger partial charge in [0.25, 0.3) is 0 Å². The molecule has 2 aromatic rings. The second-order valence-corrected chi connectivity index (χ2v) is 7.82. The number of nitrogens with one attached hydrogen (secondary N) is 1. The van der Waals surface area contributed by atoms with Gasteiger partial charge in [0.05, 0.1) is 17.2 Å². The summed E-state index contributed by atoms with van der Waals surface area (Å²) in [6.45, 7) is 4.38. The van der Waals surface area contributed by atoms with Crippen LogP contribution in [0.25, 0.3) is 0 Å². The normalized spacial score (nSPS) is 16.9. The fraction of sp³-hybridized carbons (Fsp3) is 0.412. The quantitative estimate of drug-likeness (QED) is 0.903. The summed E-state index contributed by atoms with van der Waals surface area (Å²) >= 11 is 3.57. The fourth-order valence-corrected chi connectivity index (χ4v) is 4.31. The van der Waals surface area contributed by atoms with Gasteiger partial charge in [-0.25, -0.2) is 4.98 Å². The molecule has 0 radical (unpaired) electrons. The van der Waals surface area contributed by atoms with E-state index < -0.39 is 0 Å². The van der Waals surface area contributed by atoms with Crippen molar-refractivity contribution in [2.45, 2.75) is 19.5 Å². The van der Waals surface area contributed by atoms with Crippen molar-refractivity contribution in [1.82, 2.24) is 15.2 Å². The van der Waals surface area contributed by atoms with Crippen LogP contribution in [-0.4, -0.2) is 40.4 Å². The van der Waals surface area contributed by atoms with Crippen molar-refractivity contribution in [3.8, 4) is 0 Å².